The maximum Gasteiger partial charge on any atom is 0.306 e. The van der Waals surface area contributed by atoms with Gasteiger partial charge in [-0.1, -0.05) is 37.6 Å². The SMILES string of the molecule is CC(=O)OC(C)(C)CCC(=O)[C@](C)(O)[C@H]1C(=O)C[C@@]2(C)[C@@H]3CC=C4[C@@H](C[C@H](OC(=O)CCCn5cc(CO[C@@H]6OC[C@H](O)[C@H](O)[C@H]6O)nn5)C(=O)C4(C)C)[C@]3(C)C(=O)C[C@]12C. The Morgan fingerprint density at radius 1 is 0.984 bits per heavy atom. The van der Waals surface area contributed by atoms with Gasteiger partial charge in [-0.25, -0.2) is 0 Å². The number of esters is 2. The van der Waals surface area contributed by atoms with E-state index in [-0.39, 0.29) is 81.6 Å². The Labute approximate surface area is 355 Å². The van der Waals surface area contributed by atoms with Crippen molar-refractivity contribution in [1.82, 2.24) is 15.0 Å². The Hall–Kier alpha value is -3.74. The van der Waals surface area contributed by atoms with Gasteiger partial charge in [0.05, 0.1) is 25.3 Å². The summed E-state index contributed by atoms with van der Waals surface area (Å²) < 4.78 is 23.5. The summed E-state index contributed by atoms with van der Waals surface area (Å²) in [5, 5.41) is 49.6. The van der Waals surface area contributed by atoms with Gasteiger partial charge in [-0.15, -0.1) is 5.10 Å². The van der Waals surface area contributed by atoms with Crippen LogP contribution in [-0.2, 0) is 60.9 Å². The molecule has 338 valence electrons. The number of nitrogens with zero attached hydrogens (tertiary/aromatic N) is 3. The number of allylic oxidation sites excluding steroid dienone is 2. The molecule has 3 saturated carbocycles. The van der Waals surface area contributed by atoms with Crippen molar-refractivity contribution in [3.8, 4) is 0 Å². The molecule has 0 radical (unpaired) electrons. The molecule has 12 atom stereocenters. The fraction of sp³-hybridized carbons (Fsp3) is 0.773. The zero-order valence-corrected chi connectivity index (χ0v) is 36.8. The molecular formula is C44H63N3O14. The second-order valence-electron chi connectivity index (χ2n) is 20.1. The van der Waals surface area contributed by atoms with Gasteiger partial charge in [-0.05, 0) is 83.0 Å². The van der Waals surface area contributed by atoms with E-state index in [1.165, 1.54) is 18.5 Å². The molecule has 0 aromatic carbocycles. The van der Waals surface area contributed by atoms with Gasteiger partial charge >= 0.3 is 11.9 Å². The van der Waals surface area contributed by atoms with Crippen LogP contribution in [0, 0.1) is 39.4 Å². The number of carbonyl (C=O) groups excluding carboxylic acids is 6. The van der Waals surface area contributed by atoms with E-state index in [4.69, 9.17) is 18.9 Å². The highest BCUT2D eigenvalue weighted by Crippen LogP contribution is 2.73. The summed E-state index contributed by atoms with van der Waals surface area (Å²) in [5.74, 6) is -4.34. The van der Waals surface area contributed by atoms with E-state index in [0.717, 1.165) is 5.57 Å². The molecular weight excluding hydrogens is 794 g/mol. The molecule has 2 heterocycles. The lowest BCUT2D eigenvalue weighted by Crippen LogP contribution is -2.65. The summed E-state index contributed by atoms with van der Waals surface area (Å²) in [6.45, 7) is 15.3. The lowest BCUT2D eigenvalue weighted by molar-refractivity contribution is -0.273. The first-order chi connectivity index (χ1) is 28.2. The van der Waals surface area contributed by atoms with Gasteiger partial charge in [-0.2, -0.15) is 0 Å². The number of carbonyl (C=O) groups is 6. The summed E-state index contributed by atoms with van der Waals surface area (Å²) in [7, 11) is 0. The second-order valence-corrected chi connectivity index (χ2v) is 20.1. The third-order valence-corrected chi connectivity index (χ3v) is 15.2. The molecule has 6 rings (SSSR count). The first-order valence-corrected chi connectivity index (χ1v) is 21.3. The van der Waals surface area contributed by atoms with E-state index in [1.807, 2.05) is 26.8 Å². The predicted molar refractivity (Wildman–Crippen MR) is 213 cm³/mol. The minimum absolute atomic E-state index is 0.0375. The molecule has 17 nitrogen and oxygen atoms in total. The normalized spacial score (nSPS) is 36.9. The van der Waals surface area contributed by atoms with Crippen molar-refractivity contribution < 1.29 is 68.1 Å². The van der Waals surface area contributed by atoms with Crippen molar-refractivity contribution in [3.63, 3.8) is 0 Å². The van der Waals surface area contributed by atoms with Crippen molar-refractivity contribution in [2.24, 2.45) is 39.4 Å². The van der Waals surface area contributed by atoms with Gasteiger partial charge in [0.25, 0.3) is 0 Å². The standard InChI is InChI=1S/C44H63N3O14/c1-23(48)61-39(2,3)15-14-31(51)44(9,57)36-27(49)18-41(6)30-13-12-25-26(43(30,8)32(52)19-42(36,41)7)17-29(37(56)40(25,4)5)60-33(53)11-10-16-47-20-24(45-46-47)21-58-38-35(55)34(54)28(50)22-59-38/h12,20,26,28-30,34-36,38,50,54-55,57H,10-11,13-19,21-22H2,1-9H3/t26-,28+,29+,30+,34+,35-,36+,38-,41+,42-,43+,44+/m1/s1. The Morgan fingerprint density at radius 3 is 2.34 bits per heavy atom. The number of rotatable bonds is 14. The lowest BCUT2D eigenvalue weighted by Gasteiger charge is -2.64. The Morgan fingerprint density at radius 2 is 1.67 bits per heavy atom. The van der Waals surface area contributed by atoms with E-state index >= 15 is 0 Å². The molecule has 0 bridgehead atoms. The molecule has 5 aliphatic rings. The monoisotopic (exact) mass is 857 g/mol. The molecule has 17 heteroatoms. The van der Waals surface area contributed by atoms with Gasteiger partial charge in [0.2, 0.25) is 0 Å². The van der Waals surface area contributed by atoms with Crippen LogP contribution in [0.15, 0.2) is 17.8 Å². The zero-order valence-electron chi connectivity index (χ0n) is 36.8. The Bertz CT molecular complexity index is 1970. The van der Waals surface area contributed by atoms with Crippen molar-refractivity contribution in [2.75, 3.05) is 6.61 Å². The summed E-state index contributed by atoms with van der Waals surface area (Å²) in [6, 6.07) is 0. The predicted octanol–water partition coefficient (Wildman–Crippen LogP) is 2.51. The van der Waals surface area contributed by atoms with Crippen molar-refractivity contribution in [3.05, 3.63) is 23.5 Å². The van der Waals surface area contributed by atoms with Crippen LogP contribution in [0.1, 0.15) is 119 Å². The summed E-state index contributed by atoms with van der Waals surface area (Å²) >= 11 is 0. The molecule has 1 saturated heterocycles. The number of Topliss-reactive ketones (excluding diaryl/α,β-unsaturated/α-hetero) is 4. The first-order valence-electron chi connectivity index (χ1n) is 21.3. The van der Waals surface area contributed by atoms with Crippen molar-refractivity contribution in [1.29, 1.82) is 0 Å². The number of hydrogen-bond acceptors (Lipinski definition) is 16. The van der Waals surface area contributed by atoms with Gasteiger partial charge < -0.3 is 39.4 Å². The average Bonchev–Trinajstić information content (AvgIpc) is 3.69. The number of aryl methyl sites for hydroxylation is 1. The molecule has 1 aromatic heterocycles. The number of aromatic nitrogens is 3. The zero-order chi connectivity index (χ0) is 45.2. The van der Waals surface area contributed by atoms with Crippen LogP contribution in [0.4, 0.5) is 0 Å². The lowest BCUT2D eigenvalue weighted by atomic mass is 9.38. The highest BCUT2D eigenvalue weighted by molar-refractivity contribution is 6.00. The third kappa shape index (κ3) is 8.18. The number of ether oxygens (including phenoxy) is 4. The maximum atomic E-state index is 14.9. The van der Waals surface area contributed by atoms with Gasteiger partial charge in [0, 0.05) is 50.0 Å². The summed E-state index contributed by atoms with van der Waals surface area (Å²) in [5.41, 5.74) is -5.84. The highest BCUT2D eigenvalue weighted by Gasteiger charge is 2.75. The minimum atomic E-state index is -2.09. The van der Waals surface area contributed by atoms with E-state index in [0.29, 0.717) is 18.5 Å². The largest absolute Gasteiger partial charge is 0.460 e. The average molecular weight is 858 g/mol. The highest BCUT2D eigenvalue weighted by atomic mass is 16.7. The van der Waals surface area contributed by atoms with Crippen LogP contribution in [-0.4, -0.2) is 119 Å². The summed E-state index contributed by atoms with van der Waals surface area (Å²) in [6.07, 6.45) is -2.02. The van der Waals surface area contributed by atoms with Crippen LogP contribution in [0.2, 0.25) is 0 Å². The molecule has 4 aliphatic carbocycles. The topological polar surface area (TPSA) is 251 Å². The van der Waals surface area contributed by atoms with E-state index in [2.05, 4.69) is 10.3 Å². The third-order valence-electron chi connectivity index (χ3n) is 15.2. The van der Waals surface area contributed by atoms with Crippen LogP contribution < -0.4 is 0 Å². The van der Waals surface area contributed by atoms with E-state index < -0.39 is 93.1 Å². The minimum Gasteiger partial charge on any atom is -0.460 e. The molecule has 0 unspecified atom stereocenters. The van der Waals surface area contributed by atoms with E-state index in [1.54, 1.807) is 33.9 Å². The number of hydrogen-bond donors (Lipinski definition) is 4. The number of fused-ring (bicyclic) bond motifs is 5. The molecule has 4 fully saturated rings. The van der Waals surface area contributed by atoms with Gasteiger partial charge in [0.1, 0.15) is 46.8 Å². The number of ketones is 4. The van der Waals surface area contributed by atoms with Crippen molar-refractivity contribution >= 4 is 35.1 Å². The van der Waals surface area contributed by atoms with Gasteiger partial charge in [-0.3, -0.25) is 33.4 Å². The molecule has 0 amide bonds. The summed E-state index contributed by atoms with van der Waals surface area (Å²) in [4.78, 5) is 81.8. The quantitative estimate of drug-likeness (QED) is 0.155. The number of aliphatic hydroxyl groups is 4. The molecule has 1 aromatic rings. The molecule has 0 spiro atoms. The van der Waals surface area contributed by atoms with Gasteiger partial charge in [0.15, 0.2) is 24.0 Å². The second kappa shape index (κ2) is 16.4. The van der Waals surface area contributed by atoms with Crippen LogP contribution in [0.25, 0.3) is 0 Å². The van der Waals surface area contributed by atoms with Crippen molar-refractivity contribution in [2.45, 2.75) is 169 Å². The fourth-order valence-electron chi connectivity index (χ4n) is 11.7. The maximum absolute atomic E-state index is 14.9. The Balaban J connectivity index is 1.12. The molecule has 4 N–H and O–H groups in total. The fourth-order valence-corrected chi connectivity index (χ4v) is 11.7. The smallest absolute Gasteiger partial charge is 0.306 e. The van der Waals surface area contributed by atoms with Crippen LogP contribution >= 0.6 is 0 Å². The van der Waals surface area contributed by atoms with Crippen LogP contribution in [0.5, 0.6) is 0 Å². The number of aliphatic hydroxyl groups excluding tert-OH is 3. The molecule has 1 aliphatic heterocycles. The van der Waals surface area contributed by atoms with E-state index in [9.17, 15) is 49.2 Å². The first kappa shape index (κ1) is 46.8. The van der Waals surface area contributed by atoms with Crippen LogP contribution in [0.3, 0.4) is 0 Å². The molecule has 61 heavy (non-hydrogen) atoms. The Kier molecular flexibility index (Phi) is 12.6.